The van der Waals surface area contributed by atoms with Gasteiger partial charge in [-0.1, -0.05) is 30.3 Å². The fraction of sp³-hybridized carbons (Fsp3) is 0.273. The third-order valence-corrected chi connectivity index (χ3v) is 5.32. The zero-order valence-electron chi connectivity index (χ0n) is 16.5. The largest absolute Gasteiger partial charge is 0.462 e. The molecule has 0 fully saturated rings. The van der Waals surface area contributed by atoms with Gasteiger partial charge in [-0.2, -0.15) is 11.8 Å². The van der Waals surface area contributed by atoms with Crippen LogP contribution in [0.25, 0.3) is 0 Å². The van der Waals surface area contributed by atoms with Gasteiger partial charge in [-0.05, 0) is 42.7 Å². The minimum atomic E-state index is -0.813. The quantitative estimate of drug-likeness (QED) is 0.489. The number of hydrogen-bond acceptors (Lipinski definition) is 6. The van der Waals surface area contributed by atoms with Crippen molar-refractivity contribution in [1.29, 1.82) is 0 Å². The number of carbonyl (C=O) groups is 4. The van der Waals surface area contributed by atoms with E-state index in [1.165, 1.54) is 0 Å². The van der Waals surface area contributed by atoms with E-state index in [9.17, 15) is 19.2 Å². The molecule has 1 heterocycles. The number of imide groups is 1. The Labute approximate surface area is 178 Å². The zero-order chi connectivity index (χ0) is 21.5. The molecule has 2 aromatic rings. The lowest BCUT2D eigenvalue weighted by molar-refractivity contribution is -0.146. The highest BCUT2D eigenvalue weighted by Gasteiger charge is 2.35. The Kier molecular flexibility index (Phi) is 7.24. The maximum atomic E-state index is 12.5. The summed E-state index contributed by atoms with van der Waals surface area (Å²) < 4.78 is 5.29. The number of nitrogens with one attached hydrogen (secondary N) is 1. The van der Waals surface area contributed by atoms with Crippen LogP contribution in [0, 0.1) is 0 Å². The number of benzene rings is 2. The second-order valence-corrected chi connectivity index (χ2v) is 7.63. The summed E-state index contributed by atoms with van der Waals surface area (Å²) in [6.45, 7) is -0.179. The minimum absolute atomic E-state index is 0.0417. The molecule has 3 amide bonds. The van der Waals surface area contributed by atoms with Crippen molar-refractivity contribution in [3.8, 4) is 0 Å². The number of carbonyl (C=O) groups excluding carboxylic acids is 4. The molecular formula is C22H22N2O5S. The van der Waals surface area contributed by atoms with Crippen LogP contribution in [0.1, 0.15) is 37.5 Å². The number of rotatable bonds is 9. The molecule has 156 valence electrons. The Morgan fingerprint density at radius 2 is 1.60 bits per heavy atom. The van der Waals surface area contributed by atoms with Crippen LogP contribution < -0.4 is 5.32 Å². The molecule has 3 rings (SSSR count). The van der Waals surface area contributed by atoms with Gasteiger partial charge in [0.1, 0.15) is 12.6 Å². The Hall–Kier alpha value is -3.13. The van der Waals surface area contributed by atoms with Gasteiger partial charge in [-0.25, -0.2) is 4.79 Å². The maximum absolute atomic E-state index is 12.5. The highest BCUT2D eigenvalue weighted by molar-refractivity contribution is 7.98. The molecule has 0 saturated heterocycles. The van der Waals surface area contributed by atoms with E-state index in [4.69, 9.17) is 4.74 Å². The second-order valence-electron chi connectivity index (χ2n) is 6.65. The lowest BCUT2D eigenvalue weighted by atomic mass is 10.1. The molecule has 8 heteroatoms. The summed E-state index contributed by atoms with van der Waals surface area (Å²) in [5.74, 6) is -1.09. The van der Waals surface area contributed by atoms with Crippen LogP contribution in [0.4, 0.5) is 0 Å². The summed E-state index contributed by atoms with van der Waals surface area (Å²) in [4.78, 5) is 50.7. The van der Waals surface area contributed by atoms with Gasteiger partial charge in [0.05, 0.1) is 17.7 Å². The van der Waals surface area contributed by atoms with Gasteiger partial charge in [-0.15, -0.1) is 0 Å². The van der Waals surface area contributed by atoms with Gasteiger partial charge in [0.25, 0.3) is 17.7 Å². The summed E-state index contributed by atoms with van der Waals surface area (Å²) in [6, 6.07) is 14.4. The SMILES string of the molecule is CSCCC(NC(=O)c1ccccc1)C(=O)OCCN1C(=O)c2ccccc2C1=O. The summed E-state index contributed by atoms with van der Waals surface area (Å²) in [5, 5.41) is 2.70. The van der Waals surface area contributed by atoms with E-state index in [0.29, 0.717) is 28.9 Å². The van der Waals surface area contributed by atoms with Crippen molar-refractivity contribution in [2.24, 2.45) is 0 Å². The van der Waals surface area contributed by atoms with Crippen molar-refractivity contribution in [2.75, 3.05) is 25.2 Å². The van der Waals surface area contributed by atoms with E-state index < -0.39 is 23.8 Å². The third kappa shape index (κ3) is 4.88. The monoisotopic (exact) mass is 426 g/mol. The van der Waals surface area contributed by atoms with Crippen LogP contribution >= 0.6 is 11.8 Å². The van der Waals surface area contributed by atoms with Crippen molar-refractivity contribution in [1.82, 2.24) is 10.2 Å². The second kappa shape index (κ2) is 10.1. The van der Waals surface area contributed by atoms with E-state index in [2.05, 4.69) is 5.32 Å². The smallest absolute Gasteiger partial charge is 0.328 e. The first-order valence-electron chi connectivity index (χ1n) is 9.49. The topological polar surface area (TPSA) is 92.8 Å². The normalized spacial score (nSPS) is 13.7. The van der Waals surface area contributed by atoms with E-state index in [1.54, 1.807) is 66.4 Å². The molecule has 0 spiro atoms. The number of fused-ring (bicyclic) bond motifs is 1. The Morgan fingerprint density at radius 3 is 2.20 bits per heavy atom. The van der Waals surface area contributed by atoms with Crippen molar-refractivity contribution in [2.45, 2.75) is 12.5 Å². The summed E-state index contributed by atoms with van der Waals surface area (Å²) in [6.07, 6.45) is 2.31. The van der Waals surface area contributed by atoms with Crippen LogP contribution in [0.3, 0.4) is 0 Å². The van der Waals surface area contributed by atoms with E-state index in [0.717, 1.165) is 4.90 Å². The molecule has 30 heavy (non-hydrogen) atoms. The third-order valence-electron chi connectivity index (χ3n) is 4.67. The molecule has 1 aliphatic heterocycles. The van der Waals surface area contributed by atoms with E-state index >= 15 is 0 Å². The standard InChI is InChI=1S/C22H22N2O5S/c1-30-14-11-18(23-19(25)15-7-3-2-4-8-15)22(28)29-13-12-24-20(26)16-9-5-6-10-17(16)21(24)27/h2-10,18H,11-14H2,1H3,(H,23,25). The lowest BCUT2D eigenvalue weighted by Crippen LogP contribution is -2.43. The van der Waals surface area contributed by atoms with Gasteiger partial charge in [0.15, 0.2) is 0 Å². The molecule has 1 N–H and O–H groups in total. The summed E-state index contributed by atoms with van der Waals surface area (Å²) in [5.41, 5.74) is 1.15. The van der Waals surface area contributed by atoms with E-state index in [1.807, 2.05) is 6.26 Å². The molecular weight excluding hydrogens is 404 g/mol. The number of amides is 3. The minimum Gasteiger partial charge on any atom is -0.462 e. The fourth-order valence-corrected chi connectivity index (χ4v) is 3.57. The van der Waals surface area contributed by atoms with Crippen LogP contribution in [0.15, 0.2) is 54.6 Å². The number of thioether (sulfide) groups is 1. The molecule has 0 bridgehead atoms. The molecule has 0 radical (unpaired) electrons. The first kappa shape index (κ1) is 21.6. The Morgan fingerprint density at radius 1 is 1.00 bits per heavy atom. The molecule has 0 aliphatic carbocycles. The van der Waals surface area contributed by atoms with Crippen molar-refractivity contribution in [3.05, 3.63) is 71.3 Å². The van der Waals surface area contributed by atoms with Gasteiger partial charge >= 0.3 is 5.97 Å². The van der Waals surface area contributed by atoms with Crippen molar-refractivity contribution in [3.63, 3.8) is 0 Å². The lowest BCUT2D eigenvalue weighted by Gasteiger charge is -2.19. The first-order valence-corrected chi connectivity index (χ1v) is 10.9. The number of ether oxygens (including phenoxy) is 1. The predicted octanol–water partition coefficient (Wildman–Crippen LogP) is 2.38. The van der Waals surface area contributed by atoms with Crippen molar-refractivity contribution >= 4 is 35.5 Å². The number of esters is 1. The highest BCUT2D eigenvalue weighted by Crippen LogP contribution is 2.22. The van der Waals surface area contributed by atoms with Gasteiger partial charge < -0.3 is 10.1 Å². The first-order chi connectivity index (χ1) is 14.5. The van der Waals surface area contributed by atoms with Gasteiger partial charge in [-0.3, -0.25) is 19.3 Å². The van der Waals surface area contributed by atoms with Crippen molar-refractivity contribution < 1.29 is 23.9 Å². The summed E-state index contributed by atoms with van der Waals surface area (Å²) >= 11 is 1.55. The maximum Gasteiger partial charge on any atom is 0.328 e. The predicted molar refractivity (Wildman–Crippen MR) is 113 cm³/mol. The van der Waals surface area contributed by atoms with Gasteiger partial charge in [0.2, 0.25) is 0 Å². The van der Waals surface area contributed by atoms with Crippen LogP contribution in [0.2, 0.25) is 0 Å². The average molecular weight is 426 g/mol. The van der Waals surface area contributed by atoms with Crippen LogP contribution in [-0.4, -0.2) is 59.8 Å². The molecule has 1 unspecified atom stereocenters. The summed E-state index contributed by atoms with van der Waals surface area (Å²) in [7, 11) is 0. The number of nitrogens with zero attached hydrogens (tertiary/aromatic N) is 1. The number of hydrogen-bond donors (Lipinski definition) is 1. The molecule has 0 aromatic heterocycles. The van der Waals surface area contributed by atoms with Gasteiger partial charge in [0, 0.05) is 5.56 Å². The molecule has 1 atom stereocenters. The highest BCUT2D eigenvalue weighted by atomic mass is 32.2. The Balaban J connectivity index is 1.56. The average Bonchev–Trinajstić information content (AvgIpc) is 3.02. The molecule has 7 nitrogen and oxygen atoms in total. The van der Waals surface area contributed by atoms with Crippen LogP contribution in [0.5, 0.6) is 0 Å². The fourth-order valence-electron chi connectivity index (χ4n) is 3.10. The van der Waals surface area contributed by atoms with E-state index in [-0.39, 0.29) is 19.1 Å². The Bertz CT molecular complexity index is 913. The zero-order valence-corrected chi connectivity index (χ0v) is 17.3. The van der Waals surface area contributed by atoms with Crippen LogP contribution in [-0.2, 0) is 9.53 Å². The molecule has 0 saturated carbocycles. The molecule has 2 aromatic carbocycles. The molecule has 1 aliphatic rings.